The molecule has 0 N–H and O–H groups in total. The van der Waals surface area contributed by atoms with Crippen molar-refractivity contribution in [2.24, 2.45) is 0 Å². The van der Waals surface area contributed by atoms with Gasteiger partial charge in [-0.2, -0.15) is 0 Å². The smallest absolute Gasteiger partial charge is 0.267 e. The van der Waals surface area contributed by atoms with E-state index in [1.165, 1.54) is 57.9 Å². The first kappa shape index (κ1) is 23.3. The highest BCUT2D eigenvalue weighted by atomic mass is 31.2. The minimum absolute atomic E-state index is 1.04. The Bertz CT molecular complexity index is 259. The minimum Gasteiger partial charge on any atom is -0.756 e. The summed E-state index contributed by atoms with van der Waals surface area (Å²) in [4.78, 5) is 9.95. The molecular formula is C15H36NO4P. The van der Waals surface area contributed by atoms with Gasteiger partial charge in [0.2, 0.25) is 0 Å². The maximum absolute atomic E-state index is 9.95. The highest BCUT2D eigenvalue weighted by Crippen LogP contribution is 2.34. The fourth-order valence-electron chi connectivity index (χ4n) is 1.79. The predicted molar refractivity (Wildman–Crippen MR) is 87.1 cm³/mol. The van der Waals surface area contributed by atoms with Gasteiger partial charge in [0, 0.05) is 14.2 Å². The van der Waals surface area contributed by atoms with Crippen LogP contribution in [0.1, 0.15) is 58.3 Å². The van der Waals surface area contributed by atoms with Crippen molar-refractivity contribution in [3.05, 3.63) is 0 Å². The number of hydrogen-bond donors (Lipinski definition) is 0. The molecule has 0 spiro atoms. The van der Waals surface area contributed by atoms with Crippen LogP contribution in [-0.4, -0.2) is 46.4 Å². The lowest BCUT2D eigenvalue weighted by Crippen LogP contribution is -2.35. The molecule has 6 heteroatoms. The Morgan fingerprint density at radius 3 is 1.52 bits per heavy atom. The summed E-state index contributed by atoms with van der Waals surface area (Å²) in [5, 5.41) is 0. The molecule has 0 aromatic carbocycles. The molecule has 0 unspecified atom stereocenters. The van der Waals surface area contributed by atoms with Gasteiger partial charge in [-0.1, -0.05) is 45.4 Å². The molecule has 0 aliphatic heterocycles. The van der Waals surface area contributed by atoms with Crippen molar-refractivity contribution in [1.82, 2.24) is 0 Å². The number of phosphoric acid groups is 1. The Balaban J connectivity index is 0. The van der Waals surface area contributed by atoms with E-state index in [2.05, 4.69) is 37.1 Å². The summed E-state index contributed by atoms with van der Waals surface area (Å²) in [5.41, 5.74) is 0. The van der Waals surface area contributed by atoms with Crippen LogP contribution in [0, 0.1) is 0 Å². The van der Waals surface area contributed by atoms with Crippen LogP contribution < -0.4 is 4.89 Å². The van der Waals surface area contributed by atoms with Crippen molar-refractivity contribution in [3.8, 4) is 0 Å². The summed E-state index contributed by atoms with van der Waals surface area (Å²) in [7, 11) is 5.01. The lowest BCUT2D eigenvalue weighted by Gasteiger charge is -2.23. The summed E-state index contributed by atoms with van der Waals surface area (Å²) in [6.07, 6.45) is 11.4. The Morgan fingerprint density at radius 1 is 0.857 bits per heavy atom. The molecule has 0 saturated heterocycles. The van der Waals surface area contributed by atoms with Crippen LogP contribution in [0.15, 0.2) is 0 Å². The van der Waals surface area contributed by atoms with E-state index in [0.717, 1.165) is 18.7 Å². The van der Waals surface area contributed by atoms with E-state index < -0.39 is 7.82 Å². The van der Waals surface area contributed by atoms with Gasteiger partial charge in [0.25, 0.3) is 7.82 Å². The molecule has 0 aromatic rings. The third-order valence-corrected chi connectivity index (χ3v) is 4.02. The van der Waals surface area contributed by atoms with E-state index in [4.69, 9.17) is 0 Å². The third-order valence-electron chi connectivity index (χ3n) is 3.13. The van der Waals surface area contributed by atoms with Crippen LogP contribution in [0.3, 0.4) is 0 Å². The summed E-state index contributed by atoms with van der Waals surface area (Å²) < 4.78 is 18.8. The molecule has 0 heterocycles. The summed E-state index contributed by atoms with van der Waals surface area (Å²) in [6.45, 7) is 3.61. The van der Waals surface area contributed by atoms with Crippen molar-refractivity contribution in [1.29, 1.82) is 0 Å². The fraction of sp³-hybridized carbons (Fsp3) is 1.00. The van der Waals surface area contributed by atoms with Gasteiger partial charge in [0.15, 0.2) is 0 Å². The van der Waals surface area contributed by atoms with Crippen LogP contribution >= 0.6 is 7.82 Å². The minimum atomic E-state index is -3.90. The van der Waals surface area contributed by atoms with Crippen molar-refractivity contribution in [2.45, 2.75) is 58.3 Å². The number of quaternary nitrogens is 1. The van der Waals surface area contributed by atoms with E-state index in [1.54, 1.807) is 0 Å². The first-order valence-electron chi connectivity index (χ1n) is 7.91. The molecule has 130 valence electrons. The van der Waals surface area contributed by atoms with Gasteiger partial charge in [-0.15, -0.1) is 0 Å². The number of hydrogen-bond acceptors (Lipinski definition) is 4. The van der Waals surface area contributed by atoms with Crippen LogP contribution in [-0.2, 0) is 13.6 Å². The van der Waals surface area contributed by atoms with E-state index in [1.807, 2.05) is 0 Å². The first-order valence-corrected chi connectivity index (χ1v) is 9.37. The van der Waals surface area contributed by atoms with Gasteiger partial charge < -0.3 is 18.4 Å². The second kappa shape index (κ2) is 13.7. The number of unbranched alkanes of at least 4 members (excludes halogenated alkanes) is 7. The van der Waals surface area contributed by atoms with Crippen LogP contribution in [0.2, 0.25) is 0 Å². The molecular weight excluding hydrogens is 289 g/mol. The van der Waals surface area contributed by atoms with Crippen molar-refractivity contribution >= 4 is 7.82 Å². The van der Waals surface area contributed by atoms with Gasteiger partial charge >= 0.3 is 0 Å². The maximum atomic E-state index is 9.95. The highest BCUT2D eigenvalue weighted by Gasteiger charge is 2.04. The first-order chi connectivity index (χ1) is 9.68. The topological polar surface area (TPSA) is 58.6 Å². The van der Waals surface area contributed by atoms with Gasteiger partial charge in [-0.05, 0) is 12.8 Å². The summed E-state index contributed by atoms with van der Waals surface area (Å²) in [5.74, 6) is 0. The predicted octanol–water partition coefficient (Wildman–Crippen LogP) is 3.58. The van der Waals surface area contributed by atoms with Gasteiger partial charge in [-0.3, -0.25) is 4.57 Å². The second-order valence-corrected chi connectivity index (χ2v) is 7.93. The Hall–Kier alpha value is 0.0700. The molecule has 0 radical (unpaired) electrons. The Morgan fingerprint density at radius 2 is 1.24 bits per heavy atom. The average molecular weight is 325 g/mol. The fourth-order valence-corrected chi connectivity index (χ4v) is 1.94. The van der Waals surface area contributed by atoms with E-state index in [9.17, 15) is 9.46 Å². The van der Waals surface area contributed by atoms with Gasteiger partial charge in [0.1, 0.15) is 0 Å². The van der Waals surface area contributed by atoms with Crippen molar-refractivity contribution in [2.75, 3.05) is 41.9 Å². The number of nitrogens with zero attached hydrogens (tertiary/aromatic N) is 1. The van der Waals surface area contributed by atoms with Crippen LogP contribution in [0.25, 0.3) is 0 Å². The summed E-state index contributed by atoms with van der Waals surface area (Å²) >= 11 is 0. The van der Waals surface area contributed by atoms with E-state index >= 15 is 0 Å². The molecule has 5 nitrogen and oxygen atoms in total. The molecule has 0 aliphatic carbocycles. The number of phosphoric ester groups is 1. The largest absolute Gasteiger partial charge is 0.756 e. The maximum Gasteiger partial charge on any atom is 0.267 e. The molecule has 0 bridgehead atoms. The molecule has 0 rings (SSSR count). The zero-order chi connectivity index (χ0) is 16.8. The lowest BCUT2D eigenvalue weighted by molar-refractivity contribution is -0.870. The quantitative estimate of drug-likeness (QED) is 0.331. The average Bonchev–Trinajstić information content (AvgIpc) is 2.41. The molecule has 0 amide bonds. The van der Waals surface area contributed by atoms with Crippen LogP contribution in [0.5, 0.6) is 0 Å². The van der Waals surface area contributed by atoms with Crippen molar-refractivity contribution < 1.29 is 23.0 Å². The molecule has 0 atom stereocenters. The third kappa shape index (κ3) is 22.5. The normalized spacial score (nSPS) is 12.0. The lowest BCUT2D eigenvalue weighted by atomic mass is 10.1. The molecule has 0 fully saturated rings. The molecule has 21 heavy (non-hydrogen) atoms. The zero-order valence-corrected chi connectivity index (χ0v) is 15.8. The molecule has 0 saturated carbocycles. The van der Waals surface area contributed by atoms with Crippen LogP contribution in [0.4, 0.5) is 0 Å². The van der Waals surface area contributed by atoms with E-state index in [-0.39, 0.29) is 0 Å². The summed E-state index contributed by atoms with van der Waals surface area (Å²) in [6, 6.07) is 0. The monoisotopic (exact) mass is 325 g/mol. The van der Waals surface area contributed by atoms with Gasteiger partial charge in [-0.25, -0.2) is 0 Å². The van der Waals surface area contributed by atoms with E-state index in [0.29, 0.717) is 0 Å². The second-order valence-electron chi connectivity index (χ2n) is 6.30. The zero-order valence-electron chi connectivity index (χ0n) is 14.9. The SMILES string of the molecule is CCCCCCCCCC[N+](C)(C)C.COP(=O)([O-])OC. The molecule has 0 aliphatic rings. The highest BCUT2D eigenvalue weighted by molar-refractivity contribution is 7.45. The Labute approximate surface area is 131 Å². The Kier molecular flexibility index (Phi) is 15.2. The van der Waals surface area contributed by atoms with Crippen molar-refractivity contribution in [3.63, 3.8) is 0 Å². The van der Waals surface area contributed by atoms with Gasteiger partial charge in [0.05, 0.1) is 27.7 Å². The molecule has 0 aromatic heterocycles. The number of rotatable bonds is 11. The standard InChI is InChI=1S/C13H30N.C2H7O4P/c1-5-6-7-8-9-10-11-12-13-14(2,3)4;1-5-7(3,4)6-2/h5-13H2,1-4H3;1-2H3,(H,3,4)/q+1;/p-1.